The molecule has 0 atom stereocenters. The Balaban J connectivity index is 2.01. The summed E-state index contributed by atoms with van der Waals surface area (Å²) in [6, 6.07) is 12.1. The predicted octanol–water partition coefficient (Wildman–Crippen LogP) is 2.62. The summed E-state index contributed by atoms with van der Waals surface area (Å²) < 4.78 is 5.10. The van der Waals surface area contributed by atoms with E-state index >= 15 is 0 Å². The summed E-state index contributed by atoms with van der Waals surface area (Å²) in [5, 5.41) is 14.5. The average molecular weight is 309 g/mol. The second-order valence-electron chi connectivity index (χ2n) is 4.71. The number of rotatable bonds is 6. The normalized spacial score (nSPS) is 10.7. The fourth-order valence-corrected chi connectivity index (χ4v) is 1.81. The second kappa shape index (κ2) is 7.61. The Bertz CT molecular complexity index is 771. The number of amides is 1. The Morgan fingerprint density at radius 3 is 2.78 bits per heavy atom. The van der Waals surface area contributed by atoms with E-state index in [2.05, 4.69) is 10.6 Å². The predicted molar refractivity (Wildman–Crippen MR) is 84.3 cm³/mol. The van der Waals surface area contributed by atoms with Crippen LogP contribution in [0.25, 0.3) is 0 Å². The molecule has 116 valence electrons. The van der Waals surface area contributed by atoms with Gasteiger partial charge in [-0.15, -0.1) is 0 Å². The van der Waals surface area contributed by atoms with Crippen LogP contribution in [0.4, 0.5) is 5.69 Å². The molecule has 1 amide bonds. The highest BCUT2D eigenvalue weighted by molar-refractivity contribution is 5.97. The van der Waals surface area contributed by atoms with Gasteiger partial charge < -0.3 is 15.1 Å². The van der Waals surface area contributed by atoms with Gasteiger partial charge in [-0.05, 0) is 31.2 Å². The van der Waals surface area contributed by atoms with E-state index in [1.807, 2.05) is 6.07 Å². The first-order valence-electron chi connectivity index (χ1n) is 6.88. The lowest BCUT2D eigenvalue weighted by atomic mass is 10.1. The van der Waals surface area contributed by atoms with Crippen LogP contribution in [0.3, 0.4) is 0 Å². The molecule has 0 saturated carbocycles. The number of anilines is 1. The molecule has 0 spiro atoms. The molecule has 1 aromatic carbocycles. The summed E-state index contributed by atoms with van der Waals surface area (Å²) in [7, 11) is 0. The molecule has 0 radical (unpaired) electrons. The molecule has 0 aliphatic carbocycles. The molecule has 0 bridgehead atoms. The molecular formula is C17H15N3O3. The van der Waals surface area contributed by atoms with Crippen LogP contribution in [0.15, 0.2) is 58.9 Å². The first-order valence-corrected chi connectivity index (χ1v) is 6.88. The van der Waals surface area contributed by atoms with E-state index in [1.165, 1.54) is 19.4 Å². The molecule has 0 unspecified atom stereocenters. The van der Waals surface area contributed by atoms with Gasteiger partial charge in [-0.1, -0.05) is 12.1 Å². The van der Waals surface area contributed by atoms with Crippen molar-refractivity contribution >= 4 is 17.4 Å². The molecule has 2 rings (SSSR count). The molecule has 0 aliphatic rings. The highest BCUT2D eigenvalue weighted by Crippen LogP contribution is 2.11. The average Bonchev–Trinajstić information content (AvgIpc) is 3.07. The third-order valence-electron chi connectivity index (χ3n) is 3.02. The standard InChI is InChI=1S/C17H15N3O3/c1-12(21)13-4-2-5-15(8-13)19-10-14(9-18)17(22)20-11-16-6-3-7-23-16/h2-8,10,19H,11H2,1H3,(H,20,22)/b14-10-. The van der Waals surface area contributed by atoms with Gasteiger partial charge in [0.15, 0.2) is 5.78 Å². The van der Waals surface area contributed by atoms with Crippen molar-refractivity contribution in [3.8, 4) is 6.07 Å². The lowest BCUT2D eigenvalue weighted by molar-refractivity contribution is -0.117. The van der Waals surface area contributed by atoms with Crippen molar-refractivity contribution in [1.29, 1.82) is 5.26 Å². The minimum Gasteiger partial charge on any atom is -0.467 e. The Hall–Kier alpha value is -3.33. The van der Waals surface area contributed by atoms with Crippen molar-refractivity contribution in [3.63, 3.8) is 0 Å². The van der Waals surface area contributed by atoms with E-state index < -0.39 is 5.91 Å². The summed E-state index contributed by atoms with van der Waals surface area (Å²) in [6.45, 7) is 1.67. The van der Waals surface area contributed by atoms with Crippen molar-refractivity contribution < 1.29 is 14.0 Å². The maximum Gasteiger partial charge on any atom is 0.263 e. The summed E-state index contributed by atoms with van der Waals surface area (Å²) in [5.41, 5.74) is 1.08. The summed E-state index contributed by atoms with van der Waals surface area (Å²) >= 11 is 0. The third-order valence-corrected chi connectivity index (χ3v) is 3.02. The van der Waals surface area contributed by atoms with E-state index in [1.54, 1.807) is 36.4 Å². The number of benzene rings is 1. The summed E-state index contributed by atoms with van der Waals surface area (Å²) in [4.78, 5) is 23.3. The number of carbonyl (C=O) groups excluding carboxylic acids is 2. The molecule has 0 aliphatic heterocycles. The highest BCUT2D eigenvalue weighted by atomic mass is 16.3. The van der Waals surface area contributed by atoms with Gasteiger partial charge in [-0.25, -0.2) is 0 Å². The van der Waals surface area contributed by atoms with Gasteiger partial charge in [0, 0.05) is 17.5 Å². The van der Waals surface area contributed by atoms with Crippen molar-refractivity contribution in [3.05, 3.63) is 65.8 Å². The molecule has 0 saturated heterocycles. The molecule has 2 N–H and O–H groups in total. The van der Waals surface area contributed by atoms with Crippen LogP contribution in [0.1, 0.15) is 23.0 Å². The quantitative estimate of drug-likeness (QED) is 0.486. The van der Waals surface area contributed by atoms with Gasteiger partial charge in [0.1, 0.15) is 17.4 Å². The molecule has 1 aromatic heterocycles. The first-order chi connectivity index (χ1) is 11.1. The molecule has 6 nitrogen and oxygen atoms in total. The molecular weight excluding hydrogens is 294 g/mol. The van der Waals surface area contributed by atoms with Crippen molar-refractivity contribution in [2.75, 3.05) is 5.32 Å². The number of nitrogens with one attached hydrogen (secondary N) is 2. The fourth-order valence-electron chi connectivity index (χ4n) is 1.81. The number of furan rings is 1. The smallest absolute Gasteiger partial charge is 0.263 e. The van der Waals surface area contributed by atoms with Gasteiger partial charge in [-0.3, -0.25) is 9.59 Å². The number of hydrogen-bond donors (Lipinski definition) is 2. The van der Waals surface area contributed by atoms with Crippen molar-refractivity contribution in [1.82, 2.24) is 5.32 Å². The number of nitrogens with zero attached hydrogens (tertiary/aromatic N) is 1. The van der Waals surface area contributed by atoms with Gasteiger partial charge >= 0.3 is 0 Å². The van der Waals surface area contributed by atoms with Crippen LogP contribution in [0, 0.1) is 11.3 Å². The minimum absolute atomic E-state index is 0.0608. The Morgan fingerprint density at radius 1 is 1.30 bits per heavy atom. The molecule has 2 aromatic rings. The van der Waals surface area contributed by atoms with Gasteiger partial charge in [0.05, 0.1) is 12.8 Å². The first kappa shape index (κ1) is 16.0. The third kappa shape index (κ3) is 4.58. The zero-order valence-electron chi connectivity index (χ0n) is 12.5. The topological polar surface area (TPSA) is 95.1 Å². The molecule has 1 heterocycles. The maximum atomic E-state index is 11.9. The largest absolute Gasteiger partial charge is 0.467 e. The van der Waals surface area contributed by atoms with Gasteiger partial charge in [-0.2, -0.15) is 5.26 Å². The number of ketones is 1. The minimum atomic E-state index is -0.515. The van der Waals surface area contributed by atoms with Crippen molar-refractivity contribution in [2.45, 2.75) is 13.5 Å². The van der Waals surface area contributed by atoms with Crippen LogP contribution < -0.4 is 10.6 Å². The molecule has 23 heavy (non-hydrogen) atoms. The summed E-state index contributed by atoms with van der Waals surface area (Å²) in [6.07, 6.45) is 2.81. The SMILES string of the molecule is CC(=O)c1cccc(N/C=C(/C#N)C(=O)NCc2ccco2)c1. The Kier molecular flexibility index (Phi) is 5.31. The van der Waals surface area contributed by atoms with E-state index in [-0.39, 0.29) is 17.9 Å². The molecule has 6 heteroatoms. The molecule has 0 fully saturated rings. The fraction of sp³-hybridized carbons (Fsp3) is 0.118. The monoisotopic (exact) mass is 309 g/mol. The zero-order chi connectivity index (χ0) is 16.7. The number of carbonyl (C=O) groups is 2. The Labute approximate surface area is 133 Å². The maximum absolute atomic E-state index is 11.9. The highest BCUT2D eigenvalue weighted by Gasteiger charge is 2.09. The number of Topliss-reactive ketones (excluding diaryl/α,β-unsaturated/α-hetero) is 1. The summed E-state index contributed by atoms with van der Waals surface area (Å²) in [5.74, 6) is 0.0196. The zero-order valence-corrected chi connectivity index (χ0v) is 12.5. The van der Waals surface area contributed by atoms with E-state index in [4.69, 9.17) is 9.68 Å². The van der Waals surface area contributed by atoms with E-state index in [0.29, 0.717) is 17.0 Å². The van der Waals surface area contributed by atoms with Gasteiger partial charge in [0.2, 0.25) is 0 Å². The van der Waals surface area contributed by atoms with Crippen LogP contribution in [-0.2, 0) is 11.3 Å². The van der Waals surface area contributed by atoms with Crippen molar-refractivity contribution in [2.24, 2.45) is 0 Å². The second-order valence-corrected chi connectivity index (χ2v) is 4.71. The Morgan fingerprint density at radius 2 is 2.13 bits per heavy atom. The van der Waals surface area contributed by atoms with E-state index in [0.717, 1.165) is 0 Å². The van der Waals surface area contributed by atoms with E-state index in [9.17, 15) is 9.59 Å². The van der Waals surface area contributed by atoms with Crippen LogP contribution in [0.5, 0.6) is 0 Å². The van der Waals surface area contributed by atoms with Crippen LogP contribution in [0.2, 0.25) is 0 Å². The number of nitriles is 1. The van der Waals surface area contributed by atoms with Crippen LogP contribution >= 0.6 is 0 Å². The lowest BCUT2D eigenvalue weighted by Gasteiger charge is -2.05. The number of hydrogen-bond acceptors (Lipinski definition) is 5. The van der Waals surface area contributed by atoms with Crippen LogP contribution in [-0.4, -0.2) is 11.7 Å². The lowest BCUT2D eigenvalue weighted by Crippen LogP contribution is -2.24. The van der Waals surface area contributed by atoms with Gasteiger partial charge in [0.25, 0.3) is 5.91 Å².